The molecule has 0 saturated heterocycles. The zero-order chi connectivity index (χ0) is 20.3. The minimum Gasteiger partial charge on any atom is -0.493 e. The highest BCUT2D eigenvalue weighted by molar-refractivity contribution is 6.55. The van der Waals surface area contributed by atoms with Crippen molar-refractivity contribution in [3.63, 3.8) is 0 Å². The van der Waals surface area contributed by atoms with Gasteiger partial charge in [-0.3, -0.25) is 0 Å². The largest absolute Gasteiger partial charge is 0.493 e. The van der Waals surface area contributed by atoms with E-state index >= 15 is 0 Å². The summed E-state index contributed by atoms with van der Waals surface area (Å²) in [5.74, 6) is 1.76. The number of ether oxygens (including phenoxy) is 2. The Morgan fingerprint density at radius 3 is 2.22 bits per heavy atom. The topological polar surface area (TPSA) is 40.0 Å². The Morgan fingerprint density at radius 2 is 1.70 bits per heavy atom. The summed E-state index contributed by atoms with van der Waals surface area (Å²) < 4.78 is 12.0. The predicted octanol–water partition coefficient (Wildman–Crippen LogP) is 6.47. The molecule has 0 radical (unpaired) electrons. The number of aryl methyl sites for hydroxylation is 2. The second-order valence-corrected chi connectivity index (χ2v) is 8.07. The van der Waals surface area contributed by atoms with Gasteiger partial charge in [0.25, 0.3) is 0 Å². The maximum atomic E-state index is 6.08. The van der Waals surface area contributed by atoms with Gasteiger partial charge in [0.2, 0.25) is 0 Å². The summed E-state index contributed by atoms with van der Waals surface area (Å²) >= 11 is 11.2. The molecule has 152 valence electrons. The molecule has 0 aromatic heterocycles. The molecule has 4 nitrogen and oxygen atoms in total. The molecule has 0 aliphatic carbocycles. The third-order valence-corrected chi connectivity index (χ3v) is 3.90. The molecule has 0 aliphatic rings. The highest BCUT2D eigenvalue weighted by Crippen LogP contribution is 2.31. The van der Waals surface area contributed by atoms with Crippen LogP contribution in [0.3, 0.4) is 0 Å². The Balaban J connectivity index is 2.64. The minimum absolute atomic E-state index is 0.206. The van der Waals surface area contributed by atoms with E-state index in [0.717, 1.165) is 48.3 Å². The van der Waals surface area contributed by atoms with Crippen molar-refractivity contribution in [3.8, 4) is 11.5 Å². The molecule has 6 heteroatoms. The van der Waals surface area contributed by atoms with Crippen LogP contribution in [0.5, 0.6) is 11.5 Å². The second-order valence-electron chi connectivity index (χ2n) is 7.06. The standard InChI is InChI=1S/C21H31Cl2NO3/c1-6-16-14-18(25-13-10-19(22)23)15-17(7-2)20(16)26-12-9-8-11-24-27-21(3,4)5/h10-11,14-15H,6-9,12-13H2,1-5H3/b24-11+. The number of unbranched alkanes of at least 4 members (excludes halogenated alkanes) is 1. The number of rotatable bonds is 11. The lowest BCUT2D eigenvalue weighted by molar-refractivity contribution is 0.00155. The first-order chi connectivity index (χ1) is 12.8. The third kappa shape index (κ3) is 9.92. The van der Waals surface area contributed by atoms with Crippen molar-refractivity contribution in [2.75, 3.05) is 13.2 Å². The lowest BCUT2D eigenvalue weighted by atomic mass is 10.0. The van der Waals surface area contributed by atoms with Crippen molar-refractivity contribution in [1.29, 1.82) is 0 Å². The monoisotopic (exact) mass is 415 g/mol. The zero-order valence-corrected chi connectivity index (χ0v) is 18.5. The van der Waals surface area contributed by atoms with E-state index in [0.29, 0.717) is 13.2 Å². The summed E-state index contributed by atoms with van der Waals surface area (Å²) in [6, 6.07) is 4.03. The van der Waals surface area contributed by atoms with Crippen LogP contribution < -0.4 is 9.47 Å². The van der Waals surface area contributed by atoms with Gasteiger partial charge in [-0.25, -0.2) is 0 Å². The molecule has 0 unspecified atom stereocenters. The Labute approximate surface area is 173 Å². The van der Waals surface area contributed by atoms with Gasteiger partial charge in [0.1, 0.15) is 28.2 Å². The molecular formula is C21H31Cl2NO3. The molecular weight excluding hydrogens is 385 g/mol. The number of benzene rings is 1. The predicted molar refractivity (Wildman–Crippen MR) is 115 cm³/mol. The van der Waals surface area contributed by atoms with Crippen LogP contribution in [0.15, 0.2) is 27.9 Å². The number of halogens is 2. The molecule has 0 heterocycles. The molecule has 0 spiro atoms. The van der Waals surface area contributed by atoms with Crippen molar-refractivity contribution in [2.45, 2.75) is 65.9 Å². The average molecular weight is 416 g/mol. The Morgan fingerprint density at radius 1 is 1.07 bits per heavy atom. The van der Waals surface area contributed by atoms with Gasteiger partial charge >= 0.3 is 0 Å². The van der Waals surface area contributed by atoms with Gasteiger partial charge in [0, 0.05) is 6.21 Å². The van der Waals surface area contributed by atoms with E-state index in [2.05, 4.69) is 19.0 Å². The summed E-state index contributed by atoms with van der Waals surface area (Å²) in [6.07, 6.45) is 6.84. The van der Waals surface area contributed by atoms with E-state index in [9.17, 15) is 0 Å². The summed E-state index contributed by atoms with van der Waals surface area (Å²) in [6.45, 7) is 11.1. The molecule has 27 heavy (non-hydrogen) atoms. The van der Waals surface area contributed by atoms with Crippen molar-refractivity contribution in [1.82, 2.24) is 0 Å². The summed E-state index contributed by atoms with van der Waals surface area (Å²) in [7, 11) is 0. The smallest absolute Gasteiger partial charge is 0.129 e. The normalized spacial score (nSPS) is 11.5. The Hall–Kier alpha value is -1.39. The fraction of sp³-hybridized carbons (Fsp3) is 0.571. The van der Waals surface area contributed by atoms with Crippen molar-refractivity contribution >= 4 is 29.4 Å². The Kier molecular flexibility index (Phi) is 10.6. The molecule has 1 aromatic carbocycles. The van der Waals surface area contributed by atoms with E-state index in [1.54, 1.807) is 12.3 Å². The van der Waals surface area contributed by atoms with Gasteiger partial charge in [-0.15, -0.1) is 0 Å². The van der Waals surface area contributed by atoms with Crippen LogP contribution in [0.2, 0.25) is 0 Å². The van der Waals surface area contributed by atoms with Crippen molar-refractivity contribution in [3.05, 3.63) is 33.8 Å². The average Bonchev–Trinajstić information content (AvgIpc) is 2.59. The zero-order valence-electron chi connectivity index (χ0n) is 17.0. The summed E-state index contributed by atoms with van der Waals surface area (Å²) in [4.78, 5) is 5.32. The number of nitrogens with zero attached hydrogens (tertiary/aromatic N) is 1. The fourth-order valence-corrected chi connectivity index (χ4v) is 2.44. The fourth-order valence-electron chi connectivity index (χ4n) is 2.31. The van der Waals surface area contributed by atoms with Crippen LogP contribution in [0.25, 0.3) is 0 Å². The molecule has 0 fully saturated rings. The highest BCUT2D eigenvalue weighted by atomic mass is 35.5. The number of hydrogen-bond acceptors (Lipinski definition) is 4. The van der Waals surface area contributed by atoms with E-state index in [-0.39, 0.29) is 10.1 Å². The molecule has 0 N–H and O–H groups in total. The molecule has 0 bridgehead atoms. The van der Waals surface area contributed by atoms with Crippen LogP contribution in [0, 0.1) is 0 Å². The lowest BCUT2D eigenvalue weighted by Crippen LogP contribution is -2.15. The summed E-state index contributed by atoms with van der Waals surface area (Å²) in [5.41, 5.74) is 2.01. The third-order valence-electron chi connectivity index (χ3n) is 3.59. The molecule has 0 saturated carbocycles. The number of hydrogen-bond donors (Lipinski definition) is 0. The van der Waals surface area contributed by atoms with E-state index < -0.39 is 0 Å². The molecule has 1 rings (SSSR count). The quantitative estimate of drug-likeness (QED) is 0.236. The van der Waals surface area contributed by atoms with E-state index in [4.69, 9.17) is 37.5 Å². The Bertz CT molecular complexity index is 608. The van der Waals surface area contributed by atoms with Gasteiger partial charge < -0.3 is 14.3 Å². The van der Waals surface area contributed by atoms with Crippen molar-refractivity contribution < 1.29 is 14.3 Å². The van der Waals surface area contributed by atoms with Crippen molar-refractivity contribution in [2.24, 2.45) is 5.16 Å². The summed E-state index contributed by atoms with van der Waals surface area (Å²) in [5, 5.41) is 3.99. The van der Waals surface area contributed by atoms with Gasteiger partial charge in [-0.05, 0) is 75.8 Å². The maximum Gasteiger partial charge on any atom is 0.129 e. The highest BCUT2D eigenvalue weighted by Gasteiger charge is 2.11. The lowest BCUT2D eigenvalue weighted by Gasteiger charge is -2.17. The first-order valence-electron chi connectivity index (χ1n) is 9.39. The number of oxime groups is 1. The van der Waals surface area contributed by atoms with Crippen LogP contribution in [-0.2, 0) is 17.7 Å². The SMILES string of the molecule is CCc1cc(OCC=C(Cl)Cl)cc(CC)c1OCCC/C=N/OC(C)(C)C. The van der Waals surface area contributed by atoms with Crippen LogP contribution >= 0.6 is 23.2 Å². The van der Waals surface area contributed by atoms with E-state index in [1.807, 2.05) is 32.9 Å². The minimum atomic E-state index is -0.256. The van der Waals surface area contributed by atoms with Crippen LogP contribution in [0.1, 0.15) is 58.6 Å². The molecule has 0 aliphatic heterocycles. The van der Waals surface area contributed by atoms with Gasteiger partial charge in [-0.2, -0.15) is 0 Å². The first-order valence-corrected chi connectivity index (χ1v) is 10.1. The first kappa shape index (κ1) is 23.6. The maximum absolute atomic E-state index is 6.08. The molecule has 1 aromatic rings. The second kappa shape index (κ2) is 12.1. The van der Waals surface area contributed by atoms with Gasteiger partial charge in [0.15, 0.2) is 0 Å². The van der Waals surface area contributed by atoms with Gasteiger partial charge in [0.05, 0.1) is 6.61 Å². The van der Waals surface area contributed by atoms with Crippen LogP contribution in [0.4, 0.5) is 0 Å². The molecule has 0 amide bonds. The molecule has 0 atom stereocenters. The van der Waals surface area contributed by atoms with Crippen LogP contribution in [-0.4, -0.2) is 25.0 Å². The van der Waals surface area contributed by atoms with E-state index in [1.165, 1.54) is 0 Å². The van der Waals surface area contributed by atoms with Gasteiger partial charge in [-0.1, -0.05) is 42.2 Å².